The molecule has 6 heteroatoms. The molecule has 0 spiro atoms. The van der Waals surface area contributed by atoms with Crippen molar-refractivity contribution in [2.75, 3.05) is 6.61 Å². The number of aliphatic hydroxyl groups excluding tert-OH is 2. The van der Waals surface area contributed by atoms with Gasteiger partial charge in [-0.15, -0.1) is 0 Å². The third kappa shape index (κ3) is 48.6. The van der Waals surface area contributed by atoms with Crippen LogP contribution in [0.1, 0.15) is 316 Å². The van der Waals surface area contributed by atoms with E-state index in [2.05, 4.69) is 50.4 Å². The van der Waals surface area contributed by atoms with E-state index < -0.39 is 18.2 Å². The van der Waals surface area contributed by atoms with E-state index in [9.17, 15) is 19.8 Å². The maximum Gasteiger partial charge on any atom is 0.306 e. The molecular weight excluding hydrogens is 803 g/mol. The Morgan fingerprint density at radius 1 is 0.431 bits per heavy atom. The fourth-order valence-corrected chi connectivity index (χ4v) is 9.07. The Hall–Kier alpha value is -1.66. The average Bonchev–Trinajstić information content (AvgIpc) is 3.30. The van der Waals surface area contributed by atoms with Crippen LogP contribution in [0.25, 0.3) is 0 Å². The lowest BCUT2D eigenvalue weighted by Gasteiger charge is -2.24. The highest BCUT2D eigenvalue weighted by atomic mass is 16.5. The van der Waals surface area contributed by atoms with Crippen LogP contribution in [-0.4, -0.2) is 46.9 Å². The molecular formula is C59H113NO5. The summed E-state index contributed by atoms with van der Waals surface area (Å²) in [6.07, 6.45) is 62.4. The zero-order valence-electron chi connectivity index (χ0n) is 43.9. The molecule has 3 atom stereocenters. The predicted molar refractivity (Wildman–Crippen MR) is 283 cm³/mol. The van der Waals surface area contributed by atoms with E-state index in [1.54, 1.807) is 0 Å². The Labute approximate surface area is 405 Å². The highest BCUT2D eigenvalue weighted by Crippen LogP contribution is 2.18. The van der Waals surface area contributed by atoms with Crippen LogP contribution in [0.15, 0.2) is 24.3 Å². The van der Waals surface area contributed by atoms with E-state index in [1.807, 2.05) is 0 Å². The van der Waals surface area contributed by atoms with Gasteiger partial charge in [-0.1, -0.05) is 251 Å². The Kier molecular flexibility index (Phi) is 51.9. The maximum absolute atomic E-state index is 13.3. The van der Waals surface area contributed by atoms with Crippen molar-refractivity contribution in [1.82, 2.24) is 5.32 Å². The first-order valence-corrected chi connectivity index (χ1v) is 29.1. The van der Waals surface area contributed by atoms with Gasteiger partial charge in [-0.2, -0.15) is 0 Å². The van der Waals surface area contributed by atoms with E-state index in [4.69, 9.17) is 4.74 Å². The summed E-state index contributed by atoms with van der Waals surface area (Å²) >= 11 is 0. The highest BCUT2D eigenvalue weighted by molar-refractivity contribution is 5.77. The van der Waals surface area contributed by atoms with Crippen molar-refractivity contribution in [3.8, 4) is 0 Å². The minimum absolute atomic E-state index is 0.0657. The molecule has 0 radical (unpaired) electrons. The summed E-state index contributed by atoms with van der Waals surface area (Å²) < 4.78 is 5.95. The minimum Gasteiger partial charge on any atom is -0.462 e. The predicted octanol–water partition coefficient (Wildman–Crippen LogP) is 17.9. The molecule has 0 saturated heterocycles. The van der Waals surface area contributed by atoms with Crippen molar-refractivity contribution in [2.24, 2.45) is 0 Å². The Bertz CT molecular complexity index is 1030. The van der Waals surface area contributed by atoms with Crippen LogP contribution in [0.4, 0.5) is 0 Å². The first-order chi connectivity index (χ1) is 32.0. The van der Waals surface area contributed by atoms with E-state index in [0.717, 1.165) is 64.2 Å². The van der Waals surface area contributed by atoms with Crippen LogP contribution in [0, 0.1) is 0 Å². The second kappa shape index (κ2) is 53.3. The lowest BCUT2D eigenvalue weighted by atomic mass is 10.0. The van der Waals surface area contributed by atoms with Crippen molar-refractivity contribution in [1.29, 1.82) is 0 Å². The molecule has 3 unspecified atom stereocenters. The SMILES string of the molecule is CCCCCCCCC/C=C\CCCCCC(=O)OC(CCCCC/C=C/CCCCCCCCCCC)CC(=O)NC(CO)C(O)CCCCCCCCCCCCCCCCCC. The number of rotatable bonds is 53. The largest absolute Gasteiger partial charge is 0.462 e. The number of nitrogens with one attached hydrogen (secondary N) is 1. The first-order valence-electron chi connectivity index (χ1n) is 29.1. The first kappa shape index (κ1) is 63.3. The van der Waals surface area contributed by atoms with Gasteiger partial charge in [0.1, 0.15) is 6.10 Å². The summed E-state index contributed by atoms with van der Waals surface area (Å²) in [5, 5.41) is 23.9. The number of carbonyl (C=O) groups is 2. The van der Waals surface area contributed by atoms with Gasteiger partial charge in [0.05, 0.1) is 25.2 Å². The van der Waals surface area contributed by atoms with Gasteiger partial charge in [0.2, 0.25) is 5.91 Å². The Morgan fingerprint density at radius 3 is 1.11 bits per heavy atom. The molecule has 0 heterocycles. The van der Waals surface area contributed by atoms with Gasteiger partial charge >= 0.3 is 5.97 Å². The summed E-state index contributed by atoms with van der Waals surface area (Å²) in [4.78, 5) is 26.2. The van der Waals surface area contributed by atoms with Gasteiger partial charge in [0.15, 0.2) is 0 Å². The summed E-state index contributed by atoms with van der Waals surface area (Å²) in [5.41, 5.74) is 0. The van der Waals surface area contributed by atoms with Crippen molar-refractivity contribution in [3.05, 3.63) is 24.3 Å². The number of amides is 1. The summed E-state index contributed by atoms with van der Waals surface area (Å²) in [6.45, 7) is 6.51. The Morgan fingerprint density at radius 2 is 0.738 bits per heavy atom. The molecule has 0 aromatic carbocycles. The number of carbonyl (C=O) groups excluding carboxylic acids is 2. The molecule has 0 fully saturated rings. The van der Waals surface area contributed by atoms with E-state index in [0.29, 0.717) is 19.3 Å². The van der Waals surface area contributed by atoms with Crippen molar-refractivity contribution < 1.29 is 24.5 Å². The molecule has 0 bridgehead atoms. The van der Waals surface area contributed by atoms with Crippen LogP contribution < -0.4 is 5.32 Å². The lowest BCUT2D eigenvalue weighted by Crippen LogP contribution is -2.46. The van der Waals surface area contributed by atoms with Crippen molar-refractivity contribution in [3.63, 3.8) is 0 Å². The average molecular weight is 917 g/mol. The zero-order chi connectivity index (χ0) is 47.4. The number of unbranched alkanes of at least 4 members (excludes halogenated alkanes) is 37. The van der Waals surface area contributed by atoms with Gasteiger partial charge in [0, 0.05) is 6.42 Å². The lowest BCUT2D eigenvalue weighted by molar-refractivity contribution is -0.151. The van der Waals surface area contributed by atoms with Gasteiger partial charge in [-0.25, -0.2) is 0 Å². The topological polar surface area (TPSA) is 95.9 Å². The molecule has 0 aliphatic carbocycles. The number of hydrogen-bond acceptors (Lipinski definition) is 5. The van der Waals surface area contributed by atoms with Crippen LogP contribution in [0.3, 0.4) is 0 Å². The fourth-order valence-electron chi connectivity index (χ4n) is 9.07. The van der Waals surface area contributed by atoms with Gasteiger partial charge < -0.3 is 20.3 Å². The zero-order valence-corrected chi connectivity index (χ0v) is 43.9. The number of allylic oxidation sites excluding steroid dienone is 4. The maximum atomic E-state index is 13.3. The normalized spacial score (nSPS) is 13.2. The molecule has 0 rings (SSSR count). The molecule has 0 saturated carbocycles. The second-order valence-corrected chi connectivity index (χ2v) is 20.0. The van der Waals surface area contributed by atoms with Crippen molar-refractivity contribution >= 4 is 11.9 Å². The Balaban J connectivity index is 4.55. The standard InChI is InChI=1S/C59H113NO5/c1-4-7-10-13-16-19-22-25-28-30-32-35-38-41-44-47-50-55(65-59(64)52-49-46-43-40-37-34-27-24-21-18-15-12-9-6-3)53-58(63)60-56(54-61)57(62)51-48-45-42-39-36-33-31-29-26-23-20-17-14-11-8-5-2/h32,34-35,37,55-57,61-62H,4-31,33,36,38-54H2,1-3H3,(H,60,63)/b35-32+,37-34-. The van der Waals surface area contributed by atoms with Crippen LogP contribution in [0.5, 0.6) is 0 Å². The third-order valence-electron chi connectivity index (χ3n) is 13.5. The number of esters is 1. The smallest absolute Gasteiger partial charge is 0.306 e. The molecule has 6 nitrogen and oxygen atoms in total. The van der Waals surface area contributed by atoms with Gasteiger partial charge in [0.25, 0.3) is 0 Å². The van der Waals surface area contributed by atoms with E-state index in [-0.39, 0.29) is 24.9 Å². The van der Waals surface area contributed by atoms with Crippen LogP contribution in [0.2, 0.25) is 0 Å². The summed E-state index contributed by atoms with van der Waals surface area (Å²) in [5.74, 6) is -0.491. The highest BCUT2D eigenvalue weighted by Gasteiger charge is 2.24. The number of hydrogen-bond donors (Lipinski definition) is 3. The molecule has 65 heavy (non-hydrogen) atoms. The minimum atomic E-state index is -0.792. The molecule has 0 aromatic rings. The quantitative estimate of drug-likeness (QED) is 0.0321. The van der Waals surface area contributed by atoms with Crippen LogP contribution >= 0.6 is 0 Å². The molecule has 1 amide bonds. The van der Waals surface area contributed by atoms with Crippen molar-refractivity contribution in [2.45, 2.75) is 334 Å². The summed E-state index contributed by atoms with van der Waals surface area (Å²) in [6, 6.07) is -0.706. The monoisotopic (exact) mass is 916 g/mol. The van der Waals surface area contributed by atoms with Gasteiger partial charge in [-0.3, -0.25) is 9.59 Å². The summed E-state index contributed by atoms with van der Waals surface area (Å²) in [7, 11) is 0. The molecule has 0 aromatic heterocycles. The third-order valence-corrected chi connectivity index (χ3v) is 13.5. The van der Waals surface area contributed by atoms with E-state index in [1.165, 1.54) is 205 Å². The fraction of sp³-hybridized carbons (Fsp3) is 0.898. The number of ether oxygens (including phenoxy) is 1. The second-order valence-electron chi connectivity index (χ2n) is 20.0. The molecule has 0 aliphatic heterocycles. The molecule has 0 aliphatic rings. The van der Waals surface area contributed by atoms with E-state index >= 15 is 0 Å². The number of aliphatic hydroxyl groups is 2. The molecule has 384 valence electrons. The van der Waals surface area contributed by atoms with Gasteiger partial charge in [-0.05, 0) is 77.0 Å². The van der Waals surface area contributed by atoms with Crippen LogP contribution in [-0.2, 0) is 14.3 Å². The molecule has 3 N–H and O–H groups in total.